The van der Waals surface area contributed by atoms with Crippen LogP contribution in [0.1, 0.15) is 34.7 Å². The standard InChI is InChI=1S/C28H25N3O3S/c1-18-6-4-5-7-21(18)16-26-27(32)29-28(35-26)31-25(20-10-14-23(34-3)15-11-20)17-24(30-31)19-8-12-22(33-2)13-9-19/h4-16,25H,17H2,1-3H3/b26-16-. The number of amidine groups is 1. The zero-order valence-corrected chi connectivity index (χ0v) is 20.6. The van der Waals surface area contributed by atoms with Crippen LogP contribution in [0.2, 0.25) is 0 Å². The molecule has 35 heavy (non-hydrogen) atoms. The molecule has 0 aliphatic carbocycles. The van der Waals surface area contributed by atoms with E-state index in [0.717, 1.165) is 39.5 Å². The summed E-state index contributed by atoms with van der Waals surface area (Å²) in [6.07, 6.45) is 2.59. The first kappa shape index (κ1) is 22.9. The number of ether oxygens (including phenoxy) is 2. The number of amides is 1. The maximum absolute atomic E-state index is 12.8. The molecule has 2 aliphatic rings. The fraction of sp³-hybridized carbons (Fsp3) is 0.179. The Kier molecular flexibility index (Phi) is 6.42. The molecule has 1 amide bonds. The lowest BCUT2D eigenvalue weighted by molar-refractivity contribution is -0.113. The summed E-state index contributed by atoms with van der Waals surface area (Å²) in [7, 11) is 3.30. The quantitative estimate of drug-likeness (QED) is 0.427. The first-order chi connectivity index (χ1) is 17.1. The minimum absolute atomic E-state index is 0.0881. The Morgan fingerprint density at radius 1 is 0.943 bits per heavy atom. The zero-order chi connectivity index (χ0) is 24.4. The molecule has 2 aliphatic heterocycles. The van der Waals surface area contributed by atoms with E-state index in [2.05, 4.69) is 4.99 Å². The van der Waals surface area contributed by atoms with Gasteiger partial charge in [0.25, 0.3) is 5.91 Å². The van der Waals surface area contributed by atoms with Crippen molar-refractivity contribution in [3.05, 3.63) is 100.0 Å². The van der Waals surface area contributed by atoms with Crippen LogP contribution in [0.15, 0.2) is 87.8 Å². The Morgan fingerprint density at radius 2 is 1.60 bits per heavy atom. The summed E-state index contributed by atoms with van der Waals surface area (Å²) < 4.78 is 10.6. The molecule has 2 heterocycles. The Morgan fingerprint density at radius 3 is 2.26 bits per heavy atom. The van der Waals surface area contributed by atoms with Gasteiger partial charge in [0.05, 0.1) is 30.9 Å². The third-order valence-corrected chi connectivity index (χ3v) is 7.09. The van der Waals surface area contributed by atoms with Gasteiger partial charge in [-0.05, 0) is 83.4 Å². The molecule has 0 radical (unpaired) electrons. The van der Waals surface area contributed by atoms with Gasteiger partial charge in [0.15, 0.2) is 5.17 Å². The predicted octanol–water partition coefficient (Wildman–Crippen LogP) is 5.83. The van der Waals surface area contributed by atoms with Crippen LogP contribution in [0.5, 0.6) is 11.5 Å². The number of nitrogens with zero attached hydrogens (tertiary/aromatic N) is 3. The van der Waals surface area contributed by atoms with E-state index >= 15 is 0 Å². The number of hydrogen-bond acceptors (Lipinski definition) is 6. The summed E-state index contributed by atoms with van der Waals surface area (Å²) in [6, 6.07) is 23.7. The minimum atomic E-state index is -0.241. The number of thioether (sulfide) groups is 1. The molecule has 5 rings (SSSR count). The molecule has 0 saturated carbocycles. The van der Waals surface area contributed by atoms with Gasteiger partial charge in [-0.1, -0.05) is 36.4 Å². The lowest BCUT2D eigenvalue weighted by atomic mass is 9.98. The molecule has 1 atom stereocenters. The van der Waals surface area contributed by atoms with Crippen molar-refractivity contribution in [3.63, 3.8) is 0 Å². The van der Waals surface area contributed by atoms with E-state index in [4.69, 9.17) is 14.6 Å². The van der Waals surface area contributed by atoms with Crippen LogP contribution in [0.3, 0.4) is 0 Å². The largest absolute Gasteiger partial charge is 0.497 e. The summed E-state index contributed by atoms with van der Waals surface area (Å²) >= 11 is 1.36. The average molecular weight is 484 g/mol. The number of aryl methyl sites for hydroxylation is 1. The van der Waals surface area contributed by atoms with Gasteiger partial charge >= 0.3 is 0 Å². The molecule has 0 spiro atoms. The Bertz CT molecular complexity index is 1340. The summed E-state index contributed by atoms with van der Waals surface area (Å²) in [6.45, 7) is 2.03. The third-order valence-electron chi connectivity index (χ3n) is 6.11. The van der Waals surface area contributed by atoms with Crippen molar-refractivity contribution in [1.29, 1.82) is 0 Å². The fourth-order valence-electron chi connectivity index (χ4n) is 4.12. The van der Waals surface area contributed by atoms with Crippen molar-refractivity contribution in [2.75, 3.05) is 14.2 Å². The molecule has 3 aromatic carbocycles. The van der Waals surface area contributed by atoms with Gasteiger partial charge in [-0.3, -0.25) is 4.79 Å². The molecule has 176 valence electrons. The van der Waals surface area contributed by atoms with Crippen molar-refractivity contribution in [2.24, 2.45) is 10.1 Å². The van der Waals surface area contributed by atoms with Crippen molar-refractivity contribution in [2.45, 2.75) is 19.4 Å². The SMILES string of the molecule is COc1ccc(C2=NN(C3=NC(=O)/C(=C/c4ccccc4C)S3)C(c3ccc(OC)cc3)C2)cc1. The summed E-state index contributed by atoms with van der Waals surface area (Å²) in [4.78, 5) is 17.8. The number of carbonyl (C=O) groups is 1. The maximum atomic E-state index is 12.8. The van der Waals surface area contributed by atoms with E-state index in [0.29, 0.717) is 16.5 Å². The van der Waals surface area contributed by atoms with Crippen LogP contribution in [-0.4, -0.2) is 36.0 Å². The van der Waals surface area contributed by atoms with E-state index < -0.39 is 0 Å². The predicted molar refractivity (Wildman–Crippen MR) is 141 cm³/mol. The highest BCUT2D eigenvalue weighted by Gasteiger charge is 2.36. The van der Waals surface area contributed by atoms with E-state index in [9.17, 15) is 4.79 Å². The molecule has 3 aromatic rings. The summed E-state index contributed by atoms with van der Waals surface area (Å²) in [5.41, 5.74) is 5.14. The summed E-state index contributed by atoms with van der Waals surface area (Å²) in [5, 5.41) is 7.40. The number of rotatable bonds is 5. The van der Waals surface area contributed by atoms with Crippen LogP contribution < -0.4 is 9.47 Å². The number of carbonyl (C=O) groups excluding carboxylic acids is 1. The number of aliphatic imine (C=N–C) groups is 1. The van der Waals surface area contributed by atoms with Gasteiger partial charge in [0, 0.05) is 6.42 Å². The maximum Gasteiger partial charge on any atom is 0.286 e. The van der Waals surface area contributed by atoms with E-state index in [1.807, 2.05) is 90.8 Å². The number of hydrazone groups is 1. The first-order valence-electron chi connectivity index (χ1n) is 11.3. The van der Waals surface area contributed by atoms with Crippen molar-refractivity contribution >= 4 is 34.6 Å². The van der Waals surface area contributed by atoms with E-state index in [-0.39, 0.29) is 11.9 Å². The van der Waals surface area contributed by atoms with Crippen LogP contribution in [0.25, 0.3) is 6.08 Å². The van der Waals surface area contributed by atoms with Crippen LogP contribution in [0.4, 0.5) is 0 Å². The lowest BCUT2D eigenvalue weighted by Crippen LogP contribution is -2.23. The molecular weight excluding hydrogens is 458 g/mol. The third kappa shape index (κ3) is 4.72. The molecule has 0 fully saturated rings. The number of methoxy groups -OCH3 is 2. The van der Waals surface area contributed by atoms with Gasteiger partial charge in [-0.25, -0.2) is 5.01 Å². The second kappa shape index (κ2) is 9.80. The highest BCUT2D eigenvalue weighted by atomic mass is 32.2. The molecule has 0 saturated heterocycles. The Hall–Kier alpha value is -3.84. The van der Waals surface area contributed by atoms with Gasteiger partial charge in [-0.2, -0.15) is 10.1 Å². The Balaban J connectivity index is 1.48. The monoisotopic (exact) mass is 483 g/mol. The van der Waals surface area contributed by atoms with Crippen LogP contribution >= 0.6 is 11.8 Å². The molecule has 0 N–H and O–H groups in total. The van der Waals surface area contributed by atoms with Crippen LogP contribution in [0, 0.1) is 6.92 Å². The van der Waals surface area contributed by atoms with Gasteiger partial charge in [0.2, 0.25) is 0 Å². The molecule has 6 nitrogen and oxygen atoms in total. The van der Waals surface area contributed by atoms with Gasteiger partial charge < -0.3 is 9.47 Å². The fourth-order valence-corrected chi connectivity index (χ4v) is 5.02. The molecule has 0 aromatic heterocycles. The van der Waals surface area contributed by atoms with Crippen molar-refractivity contribution < 1.29 is 14.3 Å². The second-order valence-corrected chi connectivity index (χ2v) is 9.29. The topological polar surface area (TPSA) is 63.5 Å². The molecular formula is C28H25N3O3S. The highest BCUT2D eigenvalue weighted by Crippen LogP contribution is 2.40. The molecule has 7 heteroatoms. The molecule has 0 bridgehead atoms. The average Bonchev–Trinajstić information content (AvgIpc) is 3.49. The molecule has 1 unspecified atom stereocenters. The normalized spacial score (nSPS) is 18.6. The van der Waals surface area contributed by atoms with Gasteiger partial charge in [0.1, 0.15) is 11.5 Å². The summed E-state index contributed by atoms with van der Waals surface area (Å²) in [5.74, 6) is 1.35. The minimum Gasteiger partial charge on any atom is -0.497 e. The van der Waals surface area contributed by atoms with E-state index in [1.54, 1.807) is 14.2 Å². The van der Waals surface area contributed by atoms with Crippen LogP contribution in [-0.2, 0) is 4.79 Å². The second-order valence-electron chi connectivity index (χ2n) is 8.28. The highest BCUT2D eigenvalue weighted by molar-refractivity contribution is 8.18. The van der Waals surface area contributed by atoms with Gasteiger partial charge in [-0.15, -0.1) is 0 Å². The zero-order valence-electron chi connectivity index (χ0n) is 19.8. The number of benzene rings is 3. The first-order valence-corrected chi connectivity index (χ1v) is 12.1. The van der Waals surface area contributed by atoms with E-state index in [1.165, 1.54) is 11.8 Å². The Labute approximate surface area is 209 Å². The van der Waals surface area contributed by atoms with Crippen molar-refractivity contribution in [3.8, 4) is 11.5 Å². The lowest BCUT2D eigenvalue weighted by Gasteiger charge is -2.22. The van der Waals surface area contributed by atoms with Crippen molar-refractivity contribution in [1.82, 2.24) is 5.01 Å². The smallest absolute Gasteiger partial charge is 0.286 e. The number of hydrogen-bond donors (Lipinski definition) is 0.